The van der Waals surface area contributed by atoms with Gasteiger partial charge >= 0.3 is 0 Å². The van der Waals surface area contributed by atoms with Crippen LogP contribution in [0.4, 0.5) is 8.78 Å². The number of carbonyl (C=O) groups excluding carboxylic acids is 2. The second-order valence-electron chi connectivity index (χ2n) is 6.61. The zero-order valence-electron chi connectivity index (χ0n) is 15.0. The van der Waals surface area contributed by atoms with Crippen LogP contribution in [0, 0.1) is 0 Å². The molecule has 0 saturated heterocycles. The average Bonchev–Trinajstić information content (AvgIpc) is 3.04. The Morgan fingerprint density at radius 1 is 1.22 bits per heavy atom. The lowest BCUT2D eigenvalue weighted by Crippen LogP contribution is -2.50. The van der Waals surface area contributed by atoms with Crippen molar-refractivity contribution < 1.29 is 23.1 Å². The number of carbonyl (C=O) groups is 2. The van der Waals surface area contributed by atoms with Crippen LogP contribution in [0.3, 0.4) is 0 Å². The highest BCUT2D eigenvalue weighted by atomic mass is 19.3. The summed E-state index contributed by atoms with van der Waals surface area (Å²) in [5, 5.41) is 5.01. The van der Waals surface area contributed by atoms with Crippen LogP contribution < -0.4 is 15.4 Å². The number of ether oxygens (including phenoxy) is 1. The molecule has 1 aromatic carbocycles. The third-order valence-electron chi connectivity index (χ3n) is 4.48. The Morgan fingerprint density at radius 2 is 1.89 bits per heavy atom. The molecule has 144 valence electrons. The first kappa shape index (κ1) is 18.9. The minimum Gasteiger partial charge on any atom is -0.484 e. The van der Waals surface area contributed by atoms with Crippen LogP contribution in [-0.2, 0) is 0 Å². The van der Waals surface area contributed by atoms with Crippen LogP contribution in [-0.4, -0.2) is 35.8 Å². The predicted octanol–water partition coefficient (Wildman–Crippen LogP) is 3.04. The van der Waals surface area contributed by atoms with Gasteiger partial charge in [0.25, 0.3) is 17.7 Å². The first-order chi connectivity index (χ1) is 12.8. The molecule has 1 atom stereocenters. The van der Waals surface area contributed by atoms with E-state index in [-0.39, 0.29) is 36.1 Å². The largest absolute Gasteiger partial charge is 0.484 e. The maximum absolute atomic E-state index is 12.9. The highest BCUT2D eigenvalue weighted by Crippen LogP contribution is 2.37. The van der Waals surface area contributed by atoms with Gasteiger partial charge in [0.2, 0.25) is 0 Å². The summed E-state index contributed by atoms with van der Waals surface area (Å²) in [6.07, 6.45) is -1.11. The fourth-order valence-electron chi connectivity index (χ4n) is 2.95. The van der Waals surface area contributed by atoms with E-state index in [1.165, 1.54) is 13.1 Å². The van der Waals surface area contributed by atoms with Gasteiger partial charge in [0, 0.05) is 32.0 Å². The van der Waals surface area contributed by atoms with E-state index in [1.807, 2.05) is 37.3 Å². The monoisotopic (exact) mass is 377 g/mol. The number of aromatic amines is 1. The van der Waals surface area contributed by atoms with E-state index < -0.39 is 23.8 Å². The minimum atomic E-state index is -2.72. The van der Waals surface area contributed by atoms with Crippen LogP contribution >= 0.6 is 0 Å². The minimum absolute atomic E-state index is 0.0825. The lowest BCUT2D eigenvalue weighted by Gasteiger charge is -2.35. The van der Waals surface area contributed by atoms with Gasteiger partial charge in [0.15, 0.2) is 5.75 Å². The Hall–Kier alpha value is -2.90. The lowest BCUT2D eigenvalue weighted by molar-refractivity contribution is -0.0901. The summed E-state index contributed by atoms with van der Waals surface area (Å²) in [6.45, 7) is 1.83. The highest BCUT2D eigenvalue weighted by molar-refractivity contribution is 5.99. The number of H-pyrrole nitrogens is 1. The van der Waals surface area contributed by atoms with E-state index in [2.05, 4.69) is 15.6 Å². The molecule has 1 saturated carbocycles. The molecule has 1 fully saturated rings. The summed E-state index contributed by atoms with van der Waals surface area (Å²) >= 11 is 0. The Labute approximate surface area is 155 Å². The first-order valence-corrected chi connectivity index (χ1v) is 8.64. The molecule has 2 aromatic rings. The van der Waals surface area contributed by atoms with Crippen molar-refractivity contribution in [1.82, 2.24) is 15.6 Å². The third kappa shape index (κ3) is 4.27. The molecule has 8 heteroatoms. The van der Waals surface area contributed by atoms with Crippen LogP contribution in [0.15, 0.2) is 36.4 Å². The first-order valence-electron chi connectivity index (χ1n) is 8.64. The van der Waals surface area contributed by atoms with Crippen molar-refractivity contribution in [3.8, 4) is 5.75 Å². The molecule has 6 nitrogen and oxygen atoms in total. The quantitative estimate of drug-likeness (QED) is 0.724. The number of alkyl halides is 2. The molecule has 1 aliphatic carbocycles. The van der Waals surface area contributed by atoms with Gasteiger partial charge in [-0.15, -0.1) is 0 Å². The van der Waals surface area contributed by atoms with Gasteiger partial charge in [-0.05, 0) is 12.5 Å². The Kier molecular flexibility index (Phi) is 5.16. The smallest absolute Gasteiger partial charge is 0.271 e. The van der Waals surface area contributed by atoms with E-state index >= 15 is 0 Å². The van der Waals surface area contributed by atoms with Crippen LogP contribution in [0.2, 0.25) is 0 Å². The summed E-state index contributed by atoms with van der Waals surface area (Å²) in [7, 11) is 1.46. The van der Waals surface area contributed by atoms with Crippen molar-refractivity contribution in [2.24, 2.45) is 0 Å². The normalized spacial score (nSPS) is 16.9. The van der Waals surface area contributed by atoms with Crippen LogP contribution in [0.1, 0.15) is 52.4 Å². The van der Waals surface area contributed by atoms with E-state index in [1.54, 1.807) is 0 Å². The second-order valence-corrected chi connectivity index (χ2v) is 6.61. The molecule has 3 rings (SSSR count). The molecule has 1 heterocycles. The Morgan fingerprint density at radius 3 is 2.48 bits per heavy atom. The summed E-state index contributed by atoms with van der Waals surface area (Å²) in [5.41, 5.74) is 1.09. The summed E-state index contributed by atoms with van der Waals surface area (Å²) in [4.78, 5) is 27.2. The standard InChI is InChI=1S/C19H21F2N3O3/c1-11(12-6-4-3-5-7-12)27-15-8-14(24-16(15)18(26)22-2)17(25)23-13-9-19(20,21)10-13/h3-8,11,13,24H,9-10H2,1-2H3,(H,22,26)(H,23,25)/t11-/m1/s1. The van der Waals surface area contributed by atoms with Crippen LogP contribution in [0.25, 0.3) is 0 Å². The second kappa shape index (κ2) is 7.38. The number of benzene rings is 1. The van der Waals surface area contributed by atoms with Gasteiger partial charge in [0.1, 0.15) is 17.5 Å². The van der Waals surface area contributed by atoms with Gasteiger partial charge in [-0.3, -0.25) is 9.59 Å². The van der Waals surface area contributed by atoms with Gasteiger partial charge < -0.3 is 20.4 Å². The van der Waals surface area contributed by atoms with E-state index in [0.717, 1.165) is 5.56 Å². The van der Waals surface area contributed by atoms with Gasteiger partial charge in [-0.2, -0.15) is 0 Å². The number of amides is 2. The molecule has 0 aliphatic heterocycles. The maximum atomic E-state index is 12.9. The molecule has 0 spiro atoms. The van der Waals surface area contributed by atoms with Gasteiger partial charge in [-0.25, -0.2) is 8.78 Å². The summed E-state index contributed by atoms with van der Waals surface area (Å²) in [6, 6.07) is 10.2. The molecule has 0 unspecified atom stereocenters. The van der Waals surface area contributed by atoms with Crippen molar-refractivity contribution >= 4 is 11.8 Å². The van der Waals surface area contributed by atoms with Gasteiger partial charge in [-0.1, -0.05) is 30.3 Å². The van der Waals surface area contributed by atoms with Crippen LogP contribution in [0.5, 0.6) is 5.75 Å². The fraction of sp³-hybridized carbons (Fsp3) is 0.368. The Balaban J connectivity index is 1.76. The van der Waals surface area contributed by atoms with Gasteiger partial charge in [0.05, 0.1) is 0 Å². The van der Waals surface area contributed by atoms with Crippen molar-refractivity contribution in [3.63, 3.8) is 0 Å². The number of hydrogen-bond donors (Lipinski definition) is 3. The number of hydrogen-bond acceptors (Lipinski definition) is 3. The van der Waals surface area contributed by atoms with Crippen molar-refractivity contribution in [1.29, 1.82) is 0 Å². The zero-order chi connectivity index (χ0) is 19.6. The van der Waals surface area contributed by atoms with E-state index in [9.17, 15) is 18.4 Å². The molecule has 27 heavy (non-hydrogen) atoms. The average molecular weight is 377 g/mol. The summed E-state index contributed by atoms with van der Waals surface area (Å²) in [5.74, 6) is -3.50. The number of nitrogens with one attached hydrogen (secondary N) is 3. The fourth-order valence-corrected chi connectivity index (χ4v) is 2.95. The predicted molar refractivity (Wildman–Crippen MR) is 95.1 cm³/mol. The Bertz CT molecular complexity index is 828. The molecule has 0 bridgehead atoms. The molecular formula is C19H21F2N3O3. The van der Waals surface area contributed by atoms with E-state index in [4.69, 9.17) is 4.74 Å². The van der Waals surface area contributed by atoms with Crippen molar-refractivity contribution in [2.45, 2.75) is 37.8 Å². The van der Waals surface area contributed by atoms with Crippen molar-refractivity contribution in [2.75, 3.05) is 7.05 Å². The summed E-state index contributed by atoms with van der Waals surface area (Å²) < 4.78 is 31.7. The molecule has 2 amide bonds. The highest BCUT2D eigenvalue weighted by Gasteiger charge is 2.46. The number of aromatic nitrogens is 1. The van der Waals surface area contributed by atoms with Crippen molar-refractivity contribution in [3.05, 3.63) is 53.3 Å². The lowest BCUT2D eigenvalue weighted by atomic mass is 9.88. The zero-order valence-corrected chi connectivity index (χ0v) is 15.0. The SMILES string of the molecule is CNC(=O)c1[nH]c(C(=O)NC2CC(F)(F)C2)cc1O[C@H](C)c1ccccc1. The number of halogens is 2. The molecule has 0 radical (unpaired) electrons. The molecule has 3 N–H and O–H groups in total. The molecular weight excluding hydrogens is 356 g/mol. The van der Waals surface area contributed by atoms with E-state index in [0.29, 0.717) is 0 Å². The molecule has 1 aliphatic rings. The molecule has 1 aromatic heterocycles. The maximum Gasteiger partial charge on any atom is 0.271 e. The number of rotatable bonds is 6. The third-order valence-corrected chi connectivity index (χ3v) is 4.48. The topological polar surface area (TPSA) is 83.2 Å².